The van der Waals surface area contributed by atoms with E-state index in [1.807, 2.05) is 13.0 Å². The van der Waals surface area contributed by atoms with Crippen LogP contribution in [0.2, 0.25) is 0 Å². The molecule has 2 unspecified atom stereocenters. The second-order valence-electron chi connectivity index (χ2n) is 5.65. The summed E-state index contributed by atoms with van der Waals surface area (Å²) in [5.41, 5.74) is 8.07. The van der Waals surface area contributed by atoms with E-state index in [9.17, 15) is 4.39 Å². The topological polar surface area (TPSA) is 29.3 Å². The van der Waals surface area contributed by atoms with Crippen LogP contribution in [0.3, 0.4) is 0 Å². The fourth-order valence-electron chi connectivity index (χ4n) is 2.78. The summed E-state index contributed by atoms with van der Waals surface area (Å²) < 4.78 is 13.4. The van der Waals surface area contributed by atoms with Gasteiger partial charge in [-0.25, -0.2) is 4.39 Å². The van der Waals surface area contributed by atoms with Gasteiger partial charge in [-0.3, -0.25) is 0 Å². The molecule has 1 saturated heterocycles. The zero-order valence-electron chi connectivity index (χ0n) is 11.3. The van der Waals surface area contributed by atoms with E-state index in [0.717, 1.165) is 25.1 Å². The van der Waals surface area contributed by atoms with E-state index in [2.05, 4.69) is 11.8 Å². The minimum atomic E-state index is -0.167. The average molecular weight is 250 g/mol. The normalized spacial score (nSPS) is 22.0. The van der Waals surface area contributed by atoms with E-state index >= 15 is 0 Å². The molecule has 0 amide bonds. The molecule has 0 saturated carbocycles. The van der Waals surface area contributed by atoms with Gasteiger partial charge in [0.15, 0.2) is 0 Å². The van der Waals surface area contributed by atoms with E-state index < -0.39 is 0 Å². The lowest BCUT2D eigenvalue weighted by atomic mass is 9.97. The van der Waals surface area contributed by atoms with Crippen LogP contribution in [0.15, 0.2) is 18.2 Å². The van der Waals surface area contributed by atoms with Crippen LogP contribution in [0.4, 0.5) is 10.1 Å². The van der Waals surface area contributed by atoms with Gasteiger partial charge in [0.05, 0.1) is 0 Å². The maximum Gasteiger partial charge on any atom is 0.123 e. The Kier molecular flexibility index (Phi) is 4.23. The molecule has 1 fully saturated rings. The molecule has 1 aliphatic rings. The highest BCUT2D eigenvalue weighted by molar-refractivity contribution is 5.54. The van der Waals surface area contributed by atoms with Gasteiger partial charge in [-0.2, -0.15) is 0 Å². The highest BCUT2D eigenvalue weighted by atomic mass is 19.1. The molecule has 100 valence electrons. The molecule has 0 bridgehead atoms. The zero-order valence-corrected chi connectivity index (χ0v) is 11.3. The Morgan fingerprint density at radius 3 is 2.94 bits per heavy atom. The highest BCUT2D eigenvalue weighted by Gasteiger charge is 2.19. The van der Waals surface area contributed by atoms with Crippen molar-refractivity contribution in [1.29, 1.82) is 0 Å². The predicted molar refractivity (Wildman–Crippen MR) is 74.4 cm³/mol. The van der Waals surface area contributed by atoms with Gasteiger partial charge in [-0.05, 0) is 55.9 Å². The van der Waals surface area contributed by atoms with Gasteiger partial charge in [0.2, 0.25) is 0 Å². The molecule has 18 heavy (non-hydrogen) atoms. The third kappa shape index (κ3) is 3.22. The van der Waals surface area contributed by atoms with Crippen molar-refractivity contribution in [2.75, 3.05) is 18.0 Å². The quantitative estimate of drug-likeness (QED) is 0.893. The van der Waals surface area contributed by atoms with Crippen LogP contribution in [-0.4, -0.2) is 19.1 Å². The number of piperidine rings is 1. The molecular weight excluding hydrogens is 227 g/mol. The Balaban J connectivity index is 2.25. The van der Waals surface area contributed by atoms with Crippen molar-refractivity contribution in [2.24, 2.45) is 11.7 Å². The molecule has 2 nitrogen and oxygen atoms in total. The highest BCUT2D eigenvalue weighted by Crippen LogP contribution is 2.27. The first kappa shape index (κ1) is 13.3. The molecule has 1 aromatic carbocycles. The van der Waals surface area contributed by atoms with Gasteiger partial charge in [0, 0.05) is 24.8 Å². The molecule has 2 N–H and O–H groups in total. The third-order valence-electron chi connectivity index (χ3n) is 3.58. The largest absolute Gasteiger partial charge is 0.371 e. The van der Waals surface area contributed by atoms with Gasteiger partial charge in [-0.1, -0.05) is 6.92 Å². The Labute approximate surface area is 109 Å². The van der Waals surface area contributed by atoms with Crippen LogP contribution in [0.5, 0.6) is 0 Å². The van der Waals surface area contributed by atoms with Gasteiger partial charge in [0.25, 0.3) is 0 Å². The van der Waals surface area contributed by atoms with Crippen LogP contribution in [-0.2, 0) is 6.42 Å². The fraction of sp³-hybridized carbons (Fsp3) is 0.600. The summed E-state index contributed by atoms with van der Waals surface area (Å²) in [4.78, 5) is 2.38. The van der Waals surface area contributed by atoms with Crippen LogP contribution in [0, 0.1) is 11.7 Å². The lowest BCUT2D eigenvalue weighted by molar-refractivity contribution is 0.446. The Morgan fingerprint density at radius 2 is 2.28 bits per heavy atom. The number of nitrogens with zero attached hydrogens (tertiary/aromatic N) is 1. The molecule has 2 atom stereocenters. The van der Waals surface area contributed by atoms with Crippen molar-refractivity contribution >= 4 is 5.69 Å². The lowest BCUT2D eigenvalue weighted by Crippen LogP contribution is -2.35. The Morgan fingerprint density at radius 1 is 1.50 bits per heavy atom. The number of rotatable bonds is 3. The number of anilines is 1. The second-order valence-corrected chi connectivity index (χ2v) is 5.65. The summed E-state index contributed by atoms with van der Waals surface area (Å²) in [5.74, 6) is 0.548. The number of halogens is 1. The molecule has 1 aromatic rings. The molecule has 2 rings (SSSR count). The lowest BCUT2D eigenvalue weighted by Gasteiger charge is -2.34. The van der Waals surface area contributed by atoms with E-state index in [4.69, 9.17) is 5.73 Å². The zero-order chi connectivity index (χ0) is 13.1. The van der Waals surface area contributed by atoms with E-state index in [0.29, 0.717) is 5.92 Å². The van der Waals surface area contributed by atoms with E-state index in [-0.39, 0.29) is 11.9 Å². The first-order valence-corrected chi connectivity index (χ1v) is 6.85. The van der Waals surface area contributed by atoms with Crippen LogP contribution in [0.1, 0.15) is 32.3 Å². The van der Waals surface area contributed by atoms with Crippen molar-refractivity contribution in [1.82, 2.24) is 0 Å². The number of hydrogen-bond acceptors (Lipinski definition) is 2. The van der Waals surface area contributed by atoms with Crippen molar-refractivity contribution in [3.05, 3.63) is 29.6 Å². The van der Waals surface area contributed by atoms with Crippen LogP contribution < -0.4 is 10.6 Å². The molecule has 1 heterocycles. The average Bonchev–Trinajstić information content (AvgIpc) is 2.28. The summed E-state index contributed by atoms with van der Waals surface area (Å²) >= 11 is 0. The summed E-state index contributed by atoms with van der Waals surface area (Å²) in [6.45, 7) is 6.38. The number of hydrogen-bond donors (Lipinski definition) is 1. The van der Waals surface area contributed by atoms with Crippen LogP contribution in [0.25, 0.3) is 0 Å². The molecule has 1 aliphatic heterocycles. The van der Waals surface area contributed by atoms with Crippen molar-refractivity contribution in [2.45, 2.75) is 39.2 Å². The Bertz CT molecular complexity index is 403. The molecule has 0 radical (unpaired) electrons. The second kappa shape index (κ2) is 5.70. The first-order valence-electron chi connectivity index (χ1n) is 6.85. The smallest absolute Gasteiger partial charge is 0.123 e. The SMILES string of the molecule is CC(N)Cc1cc(F)ccc1N1CCCC(C)C1. The summed E-state index contributed by atoms with van der Waals surface area (Å²) in [6, 6.07) is 5.16. The van der Waals surface area contributed by atoms with Crippen molar-refractivity contribution in [3.63, 3.8) is 0 Å². The molecular formula is C15H23FN2. The number of benzene rings is 1. The minimum absolute atomic E-state index is 0.0627. The monoisotopic (exact) mass is 250 g/mol. The number of nitrogens with two attached hydrogens (primary N) is 1. The molecule has 0 aliphatic carbocycles. The summed E-state index contributed by atoms with van der Waals surface area (Å²) in [7, 11) is 0. The predicted octanol–water partition coefficient (Wildman–Crippen LogP) is 2.95. The van der Waals surface area contributed by atoms with Gasteiger partial charge in [-0.15, -0.1) is 0 Å². The standard InChI is InChI=1S/C15H23FN2/c1-11-4-3-7-18(10-11)15-6-5-14(16)9-13(15)8-12(2)17/h5-6,9,11-12H,3-4,7-8,10,17H2,1-2H3. The van der Waals surface area contributed by atoms with E-state index in [1.165, 1.54) is 18.5 Å². The fourth-order valence-corrected chi connectivity index (χ4v) is 2.78. The summed E-state index contributed by atoms with van der Waals surface area (Å²) in [5, 5.41) is 0. The molecule has 3 heteroatoms. The van der Waals surface area contributed by atoms with E-state index in [1.54, 1.807) is 12.1 Å². The third-order valence-corrected chi connectivity index (χ3v) is 3.58. The van der Waals surface area contributed by atoms with Gasteiger partial charge >= 0.3 is 0 Å². The maximum atomic E-state index is 13.4. The minimum Gasteiger partial charge on any atom is -0.371 e. The summed E-state index contributed by atoms with van der Waals surface area (Å²) in [6.07, 6.45) is 3.24. The van der Waals surface area contributed by atoms with Crippen LogP contribution >= 0.6 is 0 Å². The van der Waals surface area contributed by atoms with Crippen molar-refractivity contribution < 1.29 is 4.39 Å². The molecule has 0 spiro atoms. The first-order chi connectivity index (χ1) is 8.56. The van der Waals surface area contributed by atoms with Crippen molar-refractivity contribution in [3.8, 4) is 0 Å². The Hall–Kier alpha value is -1.09. The van der Waals surface area contributed by atoms with Gasteiger partial charge in [0.1, 0.15) is 5.82 Å². The maximum absolute atomic E-state index is 13.4. The molecule has 0 aromatic heterocycles. The van der Waals surface area contributed by atoms with Gasteiger partial charge < -0.3 is 10.6 Å².